The number of hydrazone groups is 1. The zero-order valence-corrected chi connectivity index (χ0v) is 11.1. The Bertz CT molecular complexity index is 336. The van der Waals surface area contributed by atoms with E-state index in [-0.39, 0.29) is 0 Å². The Morgan fingerprint density at radius 2 is 1.94 bits per heavy atom. The van der Waals surface area contributed by atoms with E-state index in [1.54, 1.807) is 12.4 Å². The lowest BCUT2D eigenvalue weighted by atomic mass is 9.85. The fraction of sp³-hybridized carbons (Fsp3) is 0.562. The fourth-order valence-electron chi connectivity index (χ4n) is 2.88. The minimum Gasteiger partial charge on any atom is -0.286 e. The number of rotatable bonds is 0. The highest BCUT2D eigenvalue weighted by Gasteiger charge is 2.18. The maximum absolute atomic E-state index is 3.72. The Balaban J connectivity index is 0.000000149. The third-order valence-electron chi connectivity index (χ3n) is 3.83. The molecule has 0 saturated heterocycles. The van der Waals surface area contributed by atoms with Gasteiger partial charge in [-0.25, -0.2) is 0 Å². The van der Waals surface area contributed by atoms with Gasteiger partial charge in [-0.05, 0) is 56.6 Å². The molecule has 18 heavy (non-hydrogen) atoms. The van der Waals surface area contributed by atoms with Crippen molar-refractivity contribution in [1.82, 2.24) is 5.43 Å². The van der Waals surface area contributed by atoms with E-state index >= 15 is 0 Å². The van der Waals surface area contributed by atoms with E-state index in [9.17, 15) is 0 Å². The van der Waals surface area contributed by atoms with Gasteiger partial charge in [0.05, 0.1) is 0 Å². The monoisotopic (exact) mass is 244 g/mol. The first-order chi connectivity index (χ1) is 8.97. The van der Waals surface area contributed by atoms with E-state index < -0.39 is 0 Å². The number of fused-ring (bicyclic) bond motifs is 1. The van der Waals surface area contributed by atoms with Gasteiger partial charge in [0.1, 0.15) is 0 Å². The van der Waals surface area contributed by atoms with Gasteiger partial charge in [-0.15, -0.1) is 0 Å². The van der Waals surface area contributed by atoms with E-state index in [2.05, 4.69) is 16.6 Å². The molecule has 0 aromatic carbocycles. The lowest BCUT2D eigenvalue weighted by molar-refractivity contribution is 0.473. The molecule has 0 spiro atoms. The molecule has 3 rings (SSSR count). The molecule has 0 aromatic heterocycles. The van der Waals surface area contributed by atoms with Gasteiger partial charge in [0.2, 0.25) is 0 Å². The zero-order valence-electron chi connectivity index (χ0n) is 11.1. The molecule has 1 heterocycles. The summed E-state index contributed by atoms with van der Waals surface area (Å²) in [6.45, 7) is 0. The molecule has 1 atom stereocenters. The number of hydrogen-bond donors (Lipinski definition) is 1. The second-order valence-electron chi connectivity index (χ2n) is 5.16. The van der Waals surface area contributed by atoms with Crippen LogP contribution in [0.1, 0.15) is 51.4 Å². The van der Waals surface area contributed by atoms with E-state index in [1.807, 2.05) is 23.8 Å². The lowest BCUT2D eigenvalue weighted by Gasteiger charge is -2.21. The third-order valence-corrected chi connectivity index (χ3v) is 3.83. The summed E-state index contributed by atoms with van der Waals surface area (Å²) in [7, 11) is 0. The SMILES string of the molecule is C1=C2CCCCCC2CCC1.C1=CC=NNC=C1. The van der Waals surface area contributed by atoms with Crippen molar-refractivity contribution >= 4 is 6.21 Å². The summed E-state index contributed by atoms with van der Waals surface area (Å²) in [5.74, 6) is 1.01. The van der Waals surface area contributed by atoms with Crippen molar-refractivity contribution in [2.24, 2.45) is 11.0 Å². The molecule has 2 aliphatic carbocycles. The summed E-state index contributed by atoms with van der Waals surface area (Å²) < 4.78 is 0. The van der Waals surface area contributed by atoms with Crippen LogP contribution in [0.4, 0.5) is 0 Å². The van der Waals surface area contributed by atoms with Gasteiger partial charge in [0.25, 0.3) is 0 Å². The Kier molecular flexibility index (Phi) is 5.77. The smallest absolute Gasteiger partial charge is 0.0472 e. The maximum Gasteiger partial charge on any atom is 0.0472 e. The minimum absolute atomic E-state index is 1.01. The van der Waals surface area contributed by atoms with Crippen LogP contribution in [0.25, 0.3) is 0 Å². The molecule has 0 amide bonds. The molecule has 0 aromatic rings. The molecule has 2 nitrogen and oxygen atoms in total. The van der Waals surface area contributed by atoms with E-state index in [1.165, 1.54) is 51.4 Å². The summed E-state index contributed by atoms with van der Waals surface area (Å²) >= 11 is 0. The van der Waals surface area contributed by atoms with Crippen molar-refractivity contribution < 1.29 is 0 Å². The fourth-order valence-corrected chi connectivity index (χ4v) is 2.88. The second kappa shape index (κ2) is 7.91. The number of hydrogen-bond acceptors (Lipinski definition) is 2. The van der Waals surface area contributed by atoms with Gasteiger partial charge in [-0.3, -0.25) is 5.43 Å². The minimum atomic E-state index is 1.01. The van der Waals surface area contributed by atoms with Gasteiger partial charge in [-0.2, -0.15) is 5.10 Å². The Labute approximate surface area is 111 Å². The van der Waals surface area contributed by atoms with Crippen LogP contribution >= 0.6 is 0 Å². The molecule has 1 saturated carbocycles. The first-order valence-electron chi connectivity index (χ1n) is 7.26. The van der Waals surface area contributed by atoms with Crippen molar-refractivity contribution in [1.29, 1.82) is 0 Å². The first kappa shape index (κ1) is 13.1. The van der Waals surface area contributed by atoms with Gasteiger partial charge >= 0.3 is 0 Å². The molecule has 1 aliphatic heterocycles. The van der Waals surface area contributed by atoms with Crippen LogP contribution in [0.15, 0.2) is 41.2 Å². The van der Waals surface area contributed by atoms with E-state index in [0.717, 1.165) is 5.92 Å². The van der Waals surface area contributed by atoms with Crippen LogP contribution < -0.4 is 5.43 Å². The standard InChI is InChI=1S/C11H18.C5H6N2/c1-2-6-10-8-4-5-9-11(10)7-3-1;1-2-4-6-7-5-3-1/h8,11H,1-7,9H2;1-6H. The summed E-state index contributed by atoms with van der Waals surface area (Å²) in [6.07, 6.45) is 23.3. The van der Waals surface area contributed by atoms with Gasteiger partial charge in [0, 0.05) is 12.4 Å². The van der Waals surface area contributed by atoms with Gasteiger partial charge in [-0.1, -0.05) is 30.6 Å². The molecular weight excluding hydrogens is 220 g/mol. The van der Waals surface area contributed by atoms with Crippen molar-refractivity contribution in [2.75, 3.05) is 0 Å². The molecular formula is C16H24N2. The first-order valence-corrected chi connectivity index (χ1v) is 7.26. The molecule has 0 bridgehead atoms. The van der Waals surface area contributed by atoms with Crippen molar-refractivity contribution in [3.63, 3.8) is 0 Å². The van der Waals surface area contributed by atoms with Crippen molar-refractivity contribution in [3.05, 3.63) is 36.1 Å². The number of nitrogens with one attached hydrogen (secondary N) is 1. The lowest BCUT2D eigenvalue weighted by Crippen LogP contribution is -2.06. The number of nitrogens with zero attached hydrogens (tertiary/aromatic N) is 1. The molecule has 1 unspecified atom stereocenters. The molecule has 3 aliphatic rings. The van der Waals surface area contributed by atoms with E-state index in [0.29, 0.717) is 0 Å². The summed E-state index contributed by atoms with van der Waals surface area (Å²) in [6, 6.07) is 0. The molecule has 98 valence electrons. The maximum atomic E-state index is 3.72. The third kappa shape index (κ3) is 4.52. The molecule has 1 fully saturated rings. The quantitative estimate of drug-likeness (QED) is 0.630. The van der Waals surface area contributed by atoms with Crippen LogP contribution in [0.2, 0.25) is 0 Å². The Morgan fingerprint density at radius 1 is 1.00 bits per heavy atom. The van der Waals surface area contributed by atoms with Crippen LogP contribution in [-0.2, 0) is 0 Å². The zero-order chi connectivity index (χ0) is 12.5. The van der Waals surface area contributed by atoms with Crippen LogP contribution in [-0.4, -0.2) is 6.21 Å². The van der Waals surface area contributed by atoms with Gasteiger partial charge < -0.3 is 0 Å². The van der Waals surface area contributed by atoms with Crippen LogP contribution in [0.3, 0.4) is 0 Å². The highest BCUT2D eigenvalue weighted by molar-refractivity contribution is 5.71. The number of allylic oxidation sites excluding steroid dienone is 5. The van der Waals surface area contributed by atoms with Gasteiger partial charge in [0.15, 0.2) is 0 Å². The van der Waals surface area contributed by atoms with Crippen molar-refractivity contribution in [3.8, 4) is 0 Å². The highest BCUT2D eigenvalue weighted by atomic mass is 15.3. The predicted molar refractivity (Wildman–Crippen MR) is 78.4 cm³/mol. The average molecular weight is 244 g/mol. The Hall–Kier alpha value is -1.31. The largest absolute Gasteiger partial charge is 0.286 e. The highest BCUT2D eigenvalue weighted by Crippen LogP contribution is 2.35. The van der Waals surface area contributed by atoms with Crippen molar-refractivity contribution in [2.45, 2.75) is 51.4 Å². The van der Waals surface area contributed by atoms with E-state index in [4.69, 9.17) is 0 Å². The molecule has 2 heteroatoms. The summed E-state index contributed by atoms with van der Waals surface area (Å²) in [5.41, 5.74) is 4.49. The van der Waals surface area contributed by atoms with Crippen LogP contribution in [0, 0.1) is 5.92 Å². The van der Waals surface area contributed by atoms with Crippen LogP contribution in [0.5, 0.6) is 0 Å². The second-order valence-corrected chi connectivity index (χ2v) is 5.16. The normalized spacial score (nSPS) is 25.8. The topological polar surface area (TPSA) is 24.4 Å². The summed E-state index contributed by atoms with van der Waals surface area (Å²) in [4.78, 5) is 0. The molecule has 1 N–H and O–H groups in total. The summed E-state index contributed by atoms with van der Waals surface area (Å²) in [5, 5.41) is 3.72. The molecule has 0 radical (unpaired) electrons. The Morgan fingerprint density at radius 3 is 2.94 bits per heavy atom. The average Bonchev–Trinajstić information content (AvgIpc) is 2.84. The predicted octanol–water partition coefficient (Wildman–Crippen LogP) is 4.32.